The van der Waals surface area contributed by atoms with E-state index in [1.165, 1.54) is 0 Å². The van der Waals surface area contributed by atoms with Gasteiger partial charge in [0.1, 0.15) is 0 Å². The molecule has 0 unspecified atom stereocenters. The summed E-state index contributed by atoms with van der Waals surface area (Å²) in [4.78, 5) is 2.25. The van der Waals surface area contributed by atoms with Crippen LogP contribution in [0.15, 0.2) is 42.5 Å². The van der Waals surface area contributed by atoms with Gasteiger partial charge in [-0.05, 0) is 77.1 Å². The van der Waals surface area contributed by atoms with E-state index in [1.54, 1.807) is 39.0 Å². The Balaban J connectivity index is 2.25. The van der Waals surface area contributed by atoms with Gasteiger partial charge in [0, 0.05) is 35.0 Å². The van der Waals surface area contributed by atoms with Crippen molar-refractivity contribution in [3.8, 4) is 0 Å². The maximum atomic E-state index is 12.4. The molecule has 6 nitrogen and oxygen atoms in total. The summed E-state index contributed by atoms with van der Waals surface area (Å²) in [6, 6.07) is 13.0. The van der Waals surface area contributed by atoms with Crippen LogP contribution < -0.4 is 19.7 Å². The highest BCUT2D eigenvalue weighted by Gasteiger charge is 2.21. The molecule has 0 heterocycles. The molecule has 0 fully saturated rings. The topological polar surface area (TPSA) is 73.5 Å². The molecule has 2 aromatic rings. The molecule has 0 aliphatic rings. The number of nitrogens with zero attached hydrogens (tertiary/aromatic N) is 1. The lowest BCUT2D eigenvalue weighted by atomic mass is 10.1. The zero-order chi connectivity index (χ0) is 20.9. The molecule has 0 atom stereocenters. The Morgan fingerprint density at radius 2 is 1.57 bits per heavy atom. The quantitative estimate of drug-likeness (QED) is 0.559. The minimum atomic E-state index is -3.75. The van der Waals surface area contributed by atoms with Gasteiger partial charge >= 0.3 is 0 Å². The second kappa shape index (κ2) is 9.03. The van der Waals surface area contributed by atoms with E-state index in [1.807, 2.05) is 24.3 Å². The van der Waals surface area contributed by atoms with E-state index in [9.17, 15) is 8.42 Å². The number of anilines is 4. The van der Waals surface area contributed by atoms with E-state index in [0.29, 0.717) is 16.4 Å². The zero-order valence-corrected chi connectivity index (χ0v) is 18.6. The van der Waals surface area contributed by atoms with E-state index in [4.69, 9.17) is 11.6 Å². The van der Waals surface area contributed by atoms with Gasteiger partial charge < -0.3 is 10.2 Å². The van der Waals surface area contributed by atoms with Crippen molar-refractivity contribution in [2.24, 2.45) is 0 Å². The van der Waals surface area contributed by atoms with Crippen LogP contribution in [0.1, 0.15) is 34.6 Å². The van der Waals surface area contributed by atoms with Crippen molar-refractivity contribution in [2.75, 3.05) is 28.0 Å². The van der Waals surface area contributed by atoms with Gasteiger partial charge in [-0.1, -0.05) is 11.6 Å². The summed E-state index contributed by atoms with van der Waals surface area (Å²) >= 11 is 6.08. The molecule has 0 saturated heterocycles. The van der Waals surface area contributed by atoms with Crippen LogP contribution in [0.2, 0.25) is 5.02 Å². The van der Waals surface area contributed by atoms with Crippen LogP contribution in [0.4, 0.5) is 22.7 Å². The second-order valence-electron chi connectivity index (χ2n) is 7.49. The maximum Gasteiger partial charge on any atom is 0.299 e. The Kier molecular flexibility index (Phi) is 7.20. The Morgan fingerprint density at radius 1 is 0.964 bits per heavy atom. The lowest BCUT2D eigenvalue weighted by Crippen LogP contribution is -2.43. The third kappa shape index (κ3) is 6.58. The predicted octanol–water partition coefficient (Wildman–Crippen LogP) is 4.97. The fourth-order valence-electron chi connectivity index (χ4n) is 2.78. The lowest BCUT2D eigenvalue weighted by Gasteiger charge is -2.22. The van der Waals surface area contributed by atoms with Crippen molar-refractivity contribution < 1.29 is 8.42 Å². The molecule has 0 aromatic heterocycles. The van der Waals surface area contributed by atoms with Gasteiger partial charge in [0.25, 0.3) is 10.2 Å². The molecule has 0 aliphatic heterocycles. The molecule has 0 spiro atoms. The summed E-state index contributed by atoms with van der Waals surface area (Å²) in [6.45, 7) is 11.4. The molecule has 0 aliphatic carbocycles. The van der Waals surface area contributed by atoms with Gasteiger partial charge in [-0.3, -0.25) is 4.72 Å². The summed E-state index contributed by atoms with van der Waals surface area (Å²) in [6.07, 6.45) is 0. The number of halogens is 1. The Labute approximate surface area is 173 Å². The van der Waals surface area contributed by atoms with Crippen molar-refractivity contribution in [3.05, 3.63) is 47.5 Å². The van der Waals surface area contributed by atoms with E-state index in [0.717, 1.165) is 24.5 Å². The zero-order valence-electron chi connectivity index (χ0n) is 17.0. The molecule has 0 radical (unpaired) electrons. The first kappa shape index (κ1) is 22.3. The summed E-state index contributed by atoms with van der Waals surface area (Å²) in [5.41, 5.74) is 2.37. The van der Waals surface area contributed by atoms with Crippen molar-refractivity contribution >= 4 is 44.6 Å². The highest BCUT2D eigenvalue weighted by atomic mass is 35.5. The summed E-state index contributed by atoms with van der Waals surface area (Å²) in [7, 11) is -3.75. The molecular weight excluding hydrogens is 396 g/mol. The number of hydrogen-bond donors (Lipinski definition) is 3. The van der Waals surface area contributed by atoms with Crippen LogP contribution in [-0.4, -0.2) is 27.0 Å². The van der Waals surface area contributed by atoms with Gasteiger partial charge in [0.2, 0.25) is 0 Å². The number of nitrogens with one attached hydrogen (secondary N) is 3. The molecule has 0 amide bonds. The molecule has 0 bridgehead atoms. The molecule has 3 N–H and O–H groups in total. The average molecular weight is 425 g/mol. The highest BCUT2D eigenvalue weighted by molar-refractivity contribution is 7.90. The van der Waals surface area contributed by atoms with E-state index >= 15 is 0 Å². The SMILES string of the molecule is CCN(CC)c1ccc(Nc2ccc(Cl)cc2NS(=O)(=O)NC(C)(C)C)cc1. The Bertz CT molecular complexity index is 889. The van der Waals surface area contributed by atoms with Crippen molar-refractivity contribution in [3.63, 3.8) is 0 Å². The standard InChI is InChI=1S/C20H29ClN4O2S/c1-6-25(7-2)17-11-9-16(10-12-17)22-18-13-8-15(21)14-19(18)23-28(26,27)24-20(3,4)5/h8-14,22-24H,6-7H2,1-5H3. The third-order valence-electron chi connectivity index (χ3n) is 3.94. The molecule has 8 heteroatoms. The van der Waals surface area contributed by atoms with Crippen LogP contribution in [0.25, 0.3) is 0 Å². The molecule has 28 heavy (non-hydrogen) atoms. The smallest absolute Gasteiger partial charge is 0.299 e. The largest absolute Gasteiger partial charge is 0.372 e. The summed E-state index contributed by atoms with van der Waals surface area (Å²) in [5, 5.41) is 3.70. The normalized spacial score (nSPS) is 11.9. The summed E-state index contributed by atoms with van der Waals surface area (Å²) < 4.78 is 30.0. The van der Waals surface area contributed by atoms with Gasteiger partial charge in [0.15, 0.2) is 0 Å². The van der Waals surface area contributed by atoms with Gasteiger partial charge in [0.05, 0.1) is 11.4 Å². The first-order valence-electron chi connectivity index (χ1n) is 9.26. The molecule has 154 valence electrons. The van der Waals surface area contributed by atoms with Crippen molar-refractivity contribution in [2.45, 2.75) is 40.2 Å². The molecule has 2 rings (SSSR count). The van der Waals surface area contributed by atoms with Crippen LogP contribution in [-0.2, 0) is 10.2 Å². The van der Waals surface area contributed by atoms with Gasteiger partial charge in [-0.15, -0.1) is 0 Å². The van der Waals surface area contributed by atoms with E-state index in [2.05, 4.69) is 33.5 Å². The van der Waals surface area contributed by atoms with Crippen LogP contribution in [0.5, 0.6) is 0 Å². The monoisotopic (exact) mass is 424 g/mol. The van der Waals surface area contributed by atoms with Crippen LogP contribution >= 0.6 is 11.6 Å². The number of benzene rings is 2. The van der Waals surface area contributed by atoms with Gasteiger partial charge in [-0.2, -0.15) is 13.1 Å². The fourth-order valence-corrected chi connectivity index (χ4v) is 4.27. The van der Waals surface area contributed by atoms with Crippen LogP contribution in [0.3, 0.4) is 0 Å². The van der Waals surface area contributed by atoms with Crippen LogP contribution in [0, 0.1) is 0 Å². The second-order valence-corrected chi connectivity index (χ2v) is 9.34. The van der Waals surface area contributed by atoms with Crippen molar-refractivity contribution in [1.82, 2.24) is 4.72 Å². The Hall–Kier alpha value is -1.96. The number of hydrogen-bond acceptors (Lipinski definition) is 4. The first-order chi connectivity index (χ1) is 13.0. The third-order valence-corrected chi connectivity index (χ3v) is 5.55. The molecule has 0 saturated carbocycles. The Morgan fingerprint density at radius 3 is 2.11 bits per heavy atom. The highest BCUT2D eigenvalue weighted by Crippen LogP contribution is 2.30. The fraction of sp³-hybridized carbons (Fsp3) is 0.400. The van der Waals surface area contributed by atoms with E-state index in [-0.39, 0.29) is 0 Å². The summed E-state index contributed by atoms with van der Waals surface area (Å²) in [5.74, 6) is 0. The van der Waals surface area contributed by atoms with Crippen molar-refractivity contribution in [1.29, 1.82) is 0 Å². The van der Waals surface area contributed by atoms with Gasteiger partial charge in [-0.25, -0.2) is 0 Å². The van der Waals surface area contributed by atoms with E-state index < -0.39 is 15.7 Å². The maximum absolute atomic E-state index is 12.4. The predicted molar refractivity (Wildman–Crippen MR) is 120 cm³/mol. The molecule has 2 aromatic carbocycles. The minimum absolute atomic E-state index is 0.372. The average Bonchev–Trinajstić information content (AvgIpc) is 2.57. The lowest BCUT2D eigenvalue weighted by molar-refractivity contribution is 0.494. The minimum Gasteiger partial charge on any atom is -0.372 e. The number of rotatable bonds is 8. The molecular formula is C20H29ClN4O2S. The first-order valence-corrected chi connectivity index (χ1v) is 11.1.